The molecule has 3 nitrogen and oxygen atoms in total. The number of nitrogens with zero attached hydrogens (tertiary/aromatic N) is 1. The van der Waals surface area contributed by atoms with Gasteiger partial charge in [-0.2, -0.15) is 0 Å². The Morgan fingerprint density at radius 3 is 2.81 bits per heavy atom. The Morgan fingerprint density at radius 1 is 1.19 bits per heavy atom. The number of oxazole rings is 1. The van der Waals surface area contributed by atoms with Crippen molar-refractivity contribution in [3.8, 4) is 10.8 Å². The molecule has 0 aliphatic carbocycles. The molecule has 0 aliphatic heterocycles. The molecular weight excluding hydrogens is 280 g/mol. The molecule has 0 spiro atoms. The molecule has 0 saturated heterocycles. The highest BCUT2D eigenvalue weighted by atomic mass is 32.1. The van der Waals surface area contributed by atoms with Gasteiger partial charge in [0, 0.05) is 5.69 Å². The van der Waals surface area contributed by atoms with Crippen LogP contribution in [0.5, 0.6) is 0 Å². The maximum atomic E-state index is 5.76. The van der Waals surface area contributed by atoms with E-state index in [9.17, 15) is 0 Å². The maximum Gasteiger partial charge on any atom is 0.236 e. The summed E-state index contributed by atoms with van der Waals surface area (Å²) in [5.74, 6) is 1.58. The predicted octanol–water partition coefficient (Wildman–Crippen LogP) is 4.94. The SMILES string of the molecule is Cc1ccc(C)c(NCc2nc(-c3cccs3)oc2C)c1. The number of hydrogen-bond acceptors (Lipinski definition) is 4. The van der Waals surface area contributed by atoms with Crippen LogP contribution in [0.2, 0.25) is 0 Å². The molecule has 0 unspecified atom stereocenters. The largest absolute Gasteiger partial charge is 0.440 e. The van der Waals surface area contributed by atoms with Crippen molar-refractivity contribution in [1.29, 1.82) is 0 Å². The van der Waals surface area contributed by atoms with Crippen LogP contribution in [0.15, 0.2) is 40.1 Å². The lowest BCUT2D eigenvalue weighted by Crippen LogP contribution is -2.02. The summed E-state index contributed by atoms with van der Waals surface area (Å²) in [6, 6.07) is 10.4. The second-order valence-corrected chi connectivity index (χ2v) is 6.12. The molecular formula is C17H18N2OS. The van der Waals surface area contributed by atoms with Gasteiger partial charge in [-0.25, -0.2) is 4.98 Å². The van der Waals surface area contributed by atoms with E-state index in [2.05, 4.69) is 42.3 Å². The Labute approximate surface area is 128 Å². The summed E-state index contributed by atoms with van der Waals surface area (Å²) in [4.78, 5) is 5.67. The minimum Gasteiger partial charge on any atom is -0.440 e. The first-order chi connectivity index (χ1) is 10.1. The van der Waals surface area contributed by atoms with Crippen LogP contribution in [0.25, 0.3) is 10.8 Å². The third-order valence-corrected chi connectivity index (χ3v) is 4.32. The summed E-state index contributed by atoms with van der Waals surface area (Å²) in [5, 5.41) is 5.48. The number of hydrogen-bond donors (Lipinski definition) is 1. The van der Waals surface area contributed by atoms with E-state index in [0.29, 0.717) is 12.4 Å². The molecule has 2 heterocycles. The molecule has 0 bridgehead atoms. The lowest BCUT2D eigenvalue weighted by Gasteiger charge is -2.09. The zero-order valence-corrected chi connectivity index (χ0v) is 13.3. The molecule has 0 aliphatic rings. The molecule has 1 aromatic carbocycles. The third-order valence-electron chi connectivity index (χ3n) is 3.46. The number of anilines is 1. The molecule has 2 aromatic heterocycles. The van der Waals surface area contributed by atoms with E-state index in [-0.39, 0.29) is 0 Å². The second-order valence-electron chi connectivity index (χ2n) is 5.17. The number of aryl methyl sites for hydroxylation is 3. The van der Waals surface area contributed by atoms with Gasteiger partial charge in [0.1, 0.15) is 11.5 Å². The average Bonchev–Trinajstić information content (AvgIpc) is 3.09. The molecule has 0 fully saturated rings. The zero-order valence-electron chi connectivity index (χ0n) is 12.4. The van der Waals surface area contributed by atoms with Crippen molar-refractivity contribution in [2.75, 3.05) is 5.32 Å². The smallest absolute Gasteiger partial charge is 0.236 e. The van der Waals surface area contributed by atoms with Crippen molar-refractivity contribution < 1.29 is 4.42 Å². The molecule has 3 rings (SSSR count). The highest BCUT2D eigenvalue weighted by molar-refractivity contribution is 7.13. The summed E-state index contributed by atoms with van der Waals surface area (Å²) in [6.07, 6.45) is 0. The van der Waals surface area contributed by atoms with Gasteiger partial charge in [-0.1, -0.05) is 18.2 Å². The second kappa shape index (κ2) is 5.74. The summed E-state index contributed by atoms with van der Waals surface area (Å²) >= 11 is 1.64. The van der Waals surface area contributed by atoms with E-state index < -0.39 is 0 Å². The lowest BCUT2D eigenvalue weighted by molar-refractivity contribution is 0.541. The zero-order chi connectivity index (χ0) is 14.8. The minimum absolute atomic E-state index is 0.672. The first-order valence-electron chi connectivity index (χ1n) is 6.95. The van der Waals surface area contributed by atoms with Crippen molar-refractivity contribution in [3.63, 3.8) is 0 Å². The van der Waals surface area contributed by atoms with E-state index in [1.165, 1.54) is 11.1 Å². The molecule has 0 saturated carbocycles. The van der Waals surface area contributed by atoms with Crippen LogP contribution in [0.3, 0.4) is 0 Å². The maximum absolute atomic E-state index is 5.76. The van der Waals surface area contributed by atoms with Crippen LogP contribution in [0, 0.1) is 20.8 Å². The quantitative estimate of drug-likeness (QED) is 0.741. The van der Waals surface area contributed by atoms with Crippen LogP contribution in [0.1, 0.15) is 22.6 Å². The van der Waals surface area contributed by atoms with E-state index in [1.807, 2.05) is 24.4 Å². The normalized spacial score (nSPS) is 10.8. The van der Waals surface area contributed by atoms with Gasteiger partial charge in [-0.05, 0) is 49.4 Å². The lowest BCUT2D eigenvalue weighted by atomic mass is 10.1. The van der Waals surface area contributed by atoms with Crippen LogP contribution < -0.4 is 5.32 Å². The van der Waals surface area contributed by atoms with Gasteiger partial charge in [0.05, 0.1) is 11.4 Å². The Morgan fingerprint density at radius 2 is 2.05 bits per heavy atom. The topological polar surface area (TPSA) is 38.1 Å². The Kier molecular flexibility index (Phi) is 3.80. The molecule has 108 valence electrons. The molecule has 0 amide bonds. The number of nitrogens with one attached hydrogen (secondary N) is 1. The van der Waals surface area contributed by atoms with Crippen molar-refractivity contribution in [1.82, 2.24) is 4.98 Å². The van der Waals surface area contributed by atoms with Crippen molar-refractivity contribution in [3.05, 3.63) is 58.3 Å². The van der Waals surface area contributed by atoms with Gasteiger partial charge < -0.3 is 9.73 Å². The number of benzene rings is 1. The molecule has 21 heavy (non-hydrogen) atoms. The monoisotopic (exact) mass is 298 g/mol. The Bertz CT molecular complexity index is 744. The standard InChI is InChI=1S/C17H18N2OS/c1-11-6-7-12(2)14(9-11)18-10-15-13(3)20-17(19-15)16-5-4-8-21-16/h4-9,18H,10H2,1-3H3. The molecule has 0 atom stereocenters. The number of aromatic nitrogens is 1. The van der Waals surface area contributed by atoms with Crippen molar-refractivity contribution in [2.45, 2.75) is 27.3 Å². The van der Waals surface area contributed by atoms with Crippen LogP contribution >= 0.6 is 11.3 Å². The van der Waals surface area contributed by atoms with Gasteiger partial charge in [-0.3, -0.25) is 0 Å². The summed E-state index contributed by atoms with van der Waals surface area (Å²) in [7, 11) is 0. The van der Waals surface area contributed by atoms with E-state index in [1.54, 1.807) is 11.3 Å². The number of rotatable bonds is 4. The number of thiophene rings is 1. The van der Waals surface area contributed by atoms with Gasteiger partial charge >= 0.3 is 0 Å². The minimum atomic E-state index is 0.672. The molecule has 0 radical (unpaired) electrons. The van der Waals surface area contributed by atoms with E-state index in [0.717, 1.165) is 22.0 Å². The molecule has 3 aromatic rings. The first kappa shape index (κ1) is 13.9. The molecule has 4 heteroatoms. The van der Waals surface area contributed by atoms with Crippen LogP contribution in [0.4, 0.5) is 5.69 Å². The average molecular weight is 298 g/mol. The highest BCUT2D eigenvalue weighted by Gasteiger charge is 2.12. The fourth-order valence-corrected chi connectivity index (χ4v) is 2.85. The summed E-state index contributed by atoms with van der Waals surface area (Å²) < 4.78 is 5.76. The summed E-state index contributed by atoms with van der Waals surface area (Å²) in [5.41, 5.74) is 4.59. The molecule has 1 N–H and O–H groups in total. The Balaban J connectivity index is 1.78. The van der Waals surface area contributed by atoms with Crippen LogP contribution in [-0.4, -0.2) is 4.98 Å². The van der Waals surface area contributed by atoms with Crippen molar-refractivity contribution in [2.24, 2.45) is 0 Å². The first-order valence-corrected chi connectivity index (χ1v) is 7.83. The third kappa shape index (κ3) is 3.00. The van der Waals surface area contributed by atoms with Gasteiger partial charge in [0.25, 0.3) is 0 Å². The fourth-order valence-electron chi connectivity index (χ4n) is 2.20. The summed E-state index contributed by atoms with van der Waals surface area (Å²) in [6.45, 7) is 6.84. The highest BCUT2D eigenvalue weighted by Crippen LogP contribution is 2.26. The Hall–Kier alpha value is -2.07. The van der Waals surface area contributed by atoms with Gasteiger partial charge in [0.15, 0.2) is 0 Å². The van der Waals surface area contributed by atoms with Gasteiger partial charge in [0.2, 0.25) is 5.89 Å². The van der Waals surface area contributed by atoms with Gasteiger partial charge in [-0.15, -0.1) is 11.3 Å². The fraction of sp³-hybridized carbons (Fsp3) is 0.235. The van der Waals surface area contributed by atoms with E-state index in [4.69, 9.17) is 4.42 Å². The van der Waals surface area contributed by atoms with Crippen molar-refractivity contribution >= 4 is 17.0 Å². The van der Waals surface area contributed by atoms with E-state index >= 15 is 0 Å². The predicted molar refractivity (Wildman–Crippen MR) is 87.8 cm³/mol. The van der Waals surface area contributed by atoms with Crippen LogP contribution in [-0.2, 0) is 6.54 Å².